The van der Waals surface area contributed by atoms with E-state index in [2.05, 4.69) is 23.7 Å². The van der Waals surface area contributed by atoms with Crippen molar-refractivity contribution < 1.29 is 4.39 Å². The summed E-state index contributed by atoms with van der Waals surface area (Å²) in [5, 5.41) is 0.593. The SMILES string of the molecule is CC1SCCN(c2ccnc(F)c2)C1C. The van der Waals surface area contributed by atoms with Crippen LogP contribution in [0.3, 0.4) is 0 Å². The molecule has 0 N–H and O–H groups in total. The van der Waals surface area contributed by atoms with Gasteiger partial charge in [-0.05, 0) is 13.0 Å². The predicted molar refractivity (Wildman–Crippen MR) is 62.9 cm³/mol. The van der Waals surface area contributed by atoms with Crippen LogP contribution in [0.5, 0.6) is 0 Å². The van der Waals surface area contributed by atoms with Crippen LogP contribution in [-0.2, 0) is 0 Å². The fraction of sp³-hybridized carbons (Fsp3) is 0.545. The Hall–Kier alpha value is -0.770. The molecule has 2 nitrogen and oxygen atoms in total. The third-order valence-electron chi connectivity index (χ3n) is 2.93. The molecular weight excluding hydrogens is 211 g/mol. The third kappa shape index (κ3) is 2.25. The van der Waals surface area contributed by atoms with Gasteiger partial charge in [0.05, 0.1) is 0 Å². The van der Waals surface area contributed by atoms with Gasteiger partial charge in [-0.15, -0.1) is 0 Å². The van der Waals surface area contributed by atoms with E-state index in [1.165, 1.54) is 12.3 Å². The molecule has 0 amide bonds. The van der Waals surface area contributed by atoms with Gasteiger partial charge >= 0.3 is 0 Å². The van der Waals surface area contributed by atoms with Gasteiger partial charge in [0.1, 0.15) is 0 Å². The molecule has 82 valence electrons. The fourth-order valence-electron chi connectivity index (χ4n) is 1.87. The zero-order valence-corrected chi connectivity index (χ0v) is 9.80. The molecule has 0 radical (unpaired) electrons. The summed E-state index contributed by atoms with van der Waals surface area (Å²) in [4.78, 5) is 5.84. The summed E-state index contributed by atoms with van der Waals surface area (Å²) in [6.45, 7) is 5.40. The summed E-state index contributed by atoms with van der Waals surface area (Å²) in [5.41, 5.74) is 0.946. The molecule has 4 heteroatoms. The van der Waals surface area contributed by atoms with E-state index >= 15 is 0 Å². The molecule has 0 aliphatic carbocycles. The highest BCUT2D eigenvalue weighted by atomic mass is 32.2. The molecule has 2 heterocycles. The molecule has 0 spiro atoms. The summed E-state index contributed by atoms with van der Waals surface area (Å²) < 4.78 is 13.0. The van der Waals surface area contributed by atoms with Gasteiger partial charge in [0, 0.05) is 41.5 Å². The van der Waals surface area contributed by atoms with Gasteiger partial charge in [-0.25, -0.2) is 4.98 Å². The molecular formula is C11H15FN2S. The Kier molecular flexibility index (Phi) is 3.14. The first kappa shape index (κ1) is 10.7. The van der Waals surface area contributed by atoms with E-state index in [-0.39, 0.29) is 0 Å². The van der Waals surface area contributed by atoms with Crippen LogP contribution < -0.4 is 4.90 Å². The number of aromatic nitrogens is 1. The first-order valence-electron chi connectivity index (χ1n) is 5.18. The molecule has 15 heavy (non-hydrogen) atoms. The number of hydrogen-bond donors (Lipinski definition) is 0. The van der Waals surface area contributed by atoms with Crippen LogP contribution in [0.15, 0.2) is 18.3 Å². The predicted octanol–water partition coefficient (Wildman–Crippen LogP) is 2.55. The largest absolute Gasteiger partial charge is 0.367 e. The van der Waals surface area contributed by atoms with E-state index in [9.17, 15) is 4.39 Å². The van der Waals surface area contributed by atoms with Crippen LogP contribution in [0, 0.1) is 5.95 Å². The maximum Gasteiger partial charge on any atom is 0.214 e. The average molecular weight is 226 g/mol. The Morgan fingerprint density at radius 2 is 2.33 bits per heavy atom. The second kappa shape index (κ2) is 4.39. The minimum absolute atomic E-state index is 0.398. The first-order chi connectivity index (χ1) is 7.18. The molecule has 1 fully saturated rings. The van der Waals surface area contributed by atoms with Crippen molar-refractivity contribution in [1.82, 2.24) is 4.98 Å². The Morgan fingerprint density at radius 1 is 1.53 bits per heavy atom. The monoisotopic (exact) mass is 226 g/mol. The van der Waals surface area contributed by atoms with Crippen LogP contribution in [0.25, 0.3) is 0 Å². The molecule has 1 aliphatic rings. The van der Waals surface area contributed by atoms with Gasteiger partial charge in [0.2, 0.25) is 5.95 Å². The van der Waals surface area contributed by atoms with Crippen LogP contribution >= 0.6 is 11.8 Å². The number of hydrogen-bond acceptors (Lipinski definition) is 3. The Balaban J connectivity index is 2.22. The van der Waals surface area contributed by atoms with Gasteiger partial charge in [0.15, 0.2) is 0 Å². The number of halogens is 1. The van der Waals surface area contributed by atoms with Crippen LogP contribution in [0.1, 0.15) is 13.8 Å². The lowest BCUT2D eigenvalue weighted by Gasteiger charge is -2.39. The van der Waals surface area contributed by atoms with E-state index < -0.39 is 5.95 Å². The summed E-state index contributed by atoms with van der Waals surface area (Å²) in [6, 6.07) is 3.84. The number of pyridine rings is 1. The summed E-state index contributed by atoms with van der Waals surface area (Å²) in [6.07, 6.45) is 1.53. The standard InChI is InChI=1S/C11H15FN2S/c1-8-9(2)15-6-5-14(8)10-3-4-13-11(12)7-10/h3-4,7-9H,5-6H2,1-2H3. The lowest BCUT2D eigenvalue weighted by Crippen LogP contribution is -2.44. The highest BCUT2D eigenvalue weighted by Crippen LogP contribution is 2.28. The van der Waals surface area contributed by atoms with Crippen molar-refractivity contribution >= 4 is 17.4 Å². The Morgan fingerprint density at radius 3 is 3.07 bits per heavy atom. The van der Waals surface area contributed by atoms with Gasteiger partial charge < -0.3 is 4.90 Å². The van der Waals surface area contributed by atoms with Crippen LogP contribution in [0.4, 0.5) is 10.1 Å². The van der Waals surface area contributed by atoms with Crippen molar-refractivity contribution in [3.63, 3.8) is 0 Å². The number of anilines is 1. The molecule has 1 aromatic heterocycles. The van der Waals surface area contributed by atoms with E-state index in [1.54, 1.807) is 0 Å². The first-order valence-corrected chi connectivity index (χ1v) is 6.23. The molecule has 2 atom stereocenters. The van der Waals surface area contributed by atoms with Gasteiger partial charge in [-0.3, -0.25) is 0 Å². The van der Waals surface area contributed by atoms with E-state index in [0.717, 1.165) is 18.0 Å². The number of thioether (sulfide) groups is 1. The number of rotatable bonds is 1. The summed E-state index contributed by atoms with van der Waals surface area (Å²) in [5.74, 6) is 0.709. The van der Waals surface area contributed by atoms with Gasteiger partial charge in [-0.1, -0.05) is 6.92 Å². The smallest absolute Gasteiger partial charge is 0.214 e. The van der Waals surface area contributed by atoms with Gasteiger partial charge in [0.25, 0.3) is 0 Å². The normalized spacial score (nSPS) is 26.7. The van der Waals surface area contributed by atoms with Crippen LogP contribution in [0.2, 0.25) is 0 Å². The molecule has 0 aromatic carbocycles. The van der Waals surface area contributed by atoms with Crippen molar-refractivity contribution in [3.05, 3.63) is 24.3 Å². The second-order valence-electron chi connectivity index (χ2n) is 3.85. The van der Waals surface area contributed by atoms with E-state index in [4.69, 9.17) is 0 Å². The van der Waals surface area contributed by atoms with Crippen molar-refractivity contribution in [2.45, 2.75) is 25.1 Å². The Bertz CT molecular complexity index is 345. The van der Waals surface area contributed by atoms with Crippen molar-refractivity contribution in [3.8, 4) is 0 Å². The highest BCUT2D eigenvalue weighted by Gasteiger charge is 2.25. The lowest BCUT2D eigenvalue weighted by molar-refractivity contribution is 0.577. The number of nitrogens with zero attached hydrogens (tertiary/aromatic N) is 2. The molecule has 0 saturated carbocycles. The van der Waals surface area contributed by atoms with Crippen molar-refractivity contribution in [1.29, 1.82) is 0 Å². The quantitative estimate of drug-likeness (QED) is 0.685. The molecule has 1 aliphatic heterocycles. The second-order valence-corrected chi connectivity index (χ2v) is 5.33. The van der Waals surface area contributed by atoms with E-state index in [1.807, 2.05) is 17.8 Å². The molecule has 2 rings (SSSR count). The van der Waals surface area contributed by atoms with Crippen LogP contribution in [-0.4, -0.2) is 28.6 Å². The van der Waals surface area contributed by atoms with Gasteiger partial charge in [-0.2, -0.15) is 16.2 Å². The van der Waals surface area contributed by atoms with E-state index in [0.29, 0.717) is 11.3 Å². The molecule has 1 saturated heterocycles. The lowest BCUT2D eigenvalue weighted by atomic mass is 10.2. The summed E-state index contributed by atoms with van der Waals surface area (Å²) >= 11 is 1.98. The maximum absolute atomic E-state index is 13.0. The minimum Gasteiger partial charge on any atom is -0.367 e. The molecule has 2 unspecified atom stereocenters. The third-order valence-corrected chi connectivity index (χ3v) is 4.26. The summed E-state index contributed by atoms with van der Waals surface area (Å²) in [7, 11) is 0. The fourth-order valence-corrected chi connectivity index (χ4v) is 2.97. The topological polar surface area (TPSA) is 16.1 Å². The average Bonchev–Trinajstić information content (AvgIpc) is 2.22. The Labute approximate surface area is 93.9 Å². The van der Waals surface area contributed by atoms with Crippen molar-refractivity contribution in [2.24, 2.45) is 0 Å². The zero-order valence-electron chi connectivity index (χ0n) is 8.98. The zero-order chi connectivity index (χ0) is 10.8. The molecule has 0 bridgehead atoms. The van der Waals surface area contributed by atoms with Crippen molar-refractivity contribution in [2.75, 3.05) is 17.2 Å². The minimum atomic E-state index is -0.398. The maximum atomic E-state index is 13.0. The highest BCUT2D eigenvalue weighted by molar-refractivity contribution is 8.00. The molecule has 1 aromatic rings.